The van der Waals surface area contributed by atoms with Crippen LogP contribution in [-0.4, -0.2) is 24.1 Å². The average Bonchev–Trinajstić information content (AvgIpc) is 2.92. The zero-order chi connectivity index (χ0) is 13.9. The summed E-state index contributed by atoms with van der Waals surface area (Å²) in [4.78, 5) is 1.30. The van der Waals surface area contributed by atoms with E-state index in [2.05, 4.69) is 18.2 Å². The van der Waals surface area contributed by atoms with Gasteiger partial charge in [-0.05, 0) is 23.3 Å². The molecule has 0 saturated heterocycles. The van der Waals surface area contributed by atoms with Crippen LogP contribution in [-0.2, 0) is 6.42 Å². The predicted octanol–water partition coefficient (Wildman–Crippen LogP) is 3.49. The summed E-state index contributed by atoms with van der Waals surface area (Å²) in [5.41, 5.74) is 2.34. The quantitative estimate of drug-likeness (QED) is 0.933. The molecule has 0 aliphatic carbocycles. The van der Waals surface area contributed by atoms with Gasteiger partial charge in [0.2, 0.25) is 0 Å². The molecule has 0 saturated carbocycles. The van der Waals surface area contributed by atoms with Gasteiger partial charge in [-0.2, -0.15) is 0 Å². The van der Waals surface area contributed by atoms with Gasteiger partial charge in [0, 0.05) is 23.0 Å². The Hall–Kier alpha value is -1.45. The standard InChI is InChI=1S/C17H18O2S/c1-19-16-8-4-2-6-12(16)10-15(18)14-11-20-17-9-5-3-7-13(14)17/h2-9,14-15,18H,10-11H2,1H3. The summed E-state index contributed by atoms with van der Waals surface area (Å²) >= 11 is 1.83. The Kier molecular flexibility index (Phi) is 3.99. The molecule has 0 aromatic heterocycles. The second kappa shape index (κ2) is 5.90. The van der Waals surface area contributed by atoms with E-state index in [9.17, 15) is 5.11 Å². The van der Waals surface area contributed by atoms with Gasteiger partial charge in [0.15, 0.2) is 0 Å². The minimum atomic E-state index is -0.373. The van der Waals surface area contributed by atoms with E-state index in [0.29, 0.717) is 6.42 Å². The number of hydrogen-bond acceptors (Lipinski definition) is 3. The van der Waals surface area contributed by atoms with E-state index in [-0.39, 0.29) is 12.0 Å². The van der Waals surface area contributed by atoms with Crippen LogP contribution in [0.1, 0.15) is 17.0 Å². The molecule has 0 amide bonds. The van der Waals surface area contributed by atoms with Gasteiger partial charge >= 0.3 is 0 Å². The van der Waals surface area contributed by atoms with Gasteiger partial charge < -0.3 is 9.84 Å². The molecule has 2 aromatic rings. The van der Waals surface area contributed by atoms with Gasteiger partial charge in [0.1, 0.15) is 5.75 Å². The van der Waals surface area contributed by atoms with Crippen LogP contribution in [0.25, 0.3) is 0 Å². The van der Waals surface area contributed by atoms with Crippen molar-refractivity contribution in [3.63, 3.8) is 0 Å². The second-order valence-electron chi connectivity index (χ2n) is 5.04. The molecule has 3 rings (SSSR count). The summed E-state index contributed by atoms with van der Waals surface area (Å²) in [6, 6.07) is 16.3. The van der Waals surface area contributed by atoms with Crippen molar-refractivity contribution in [2.45, 2.75) is 23.3 Å². The van der Waals surface area contributed by atoms with Crippen LogP contribution in [0.4, 0.5) is 0 Å². The fourth-order valence-corrected chi connectivity index (χ4v) is 4.07. The smallest absolute Gasteiger partial charge is 0.122 e. The van der Waals surface area contributed by atoms with E-state index in [4.69, 9.17) is 4.74 Å². The Labute approximate surface area is 123 Å². The van der Waals surface area contributed by atoms with Crippen LogP contribution in [0.5, 0.6) is 5.75 Å². The number of hydrogen-bond donors (Lipinski definition) is 1. The molecule has 2 aromatic carbocycles. The maximum Gasteiger partial charge on any atom is 0.122 e. The minimum Gasteiger partial charge on any atom is -0.496 e. The molecule has 3 heteroatoms. The van der Waals surface area contributed by atoms with Crippen LogP contribution in [0.15, 0.2) is 53.4 Å². The predicted molar refractivity (Wildman–Crippen MR) is 82.6 cm³/mol. The van der Waals surface area contributed by atoms with Gasteiger partial charge in [-0.25, -0.2) is 0 Å². The van der Waals surface area contributed by atoms with Crippen LogP contribution >= 0.6 is 11.8 Å². The maximum atomic E-state index is 10.6. The third-order valence-electron chi connectivity index (χ3n) is 3.82. The Morgan fingerprint density at radius 3 is 2.80 bits per heavy atom. The van der Waals surface area contributed by atoms with Gasteiger partial charge in [0.25, 0.3) is 0 Å². The van der Waals surface area contributed by atoms with Crippen LogP contribution in [0, 0.1) is 0 Å². The highest BCUT2D eigenvalue weighted by molar-refractivity contribution is 7.99. The first kappa shape index (κ1) is 13.5. The number of fused-ring (bicyclic) bond motifs is 1. The molecule has 1 N–H and O–H groups in total. The summed E-state index contributed by atoms with van der Waals surface area (Å²) in [6.45, 7) is 0. The zero-order valence-electron chi connectivity index (χ0n) is 11.5. The lowest BCUT2D eigenvalue weighted by Gasteiger charge is -2.19. The highest BCUT2D eigenvalue weighted by Crippen LogP contribution is 2.41. The molecule has 2 atom stereocenters. The molecular formula is C17H18O2S. The zero-order valence-corrected chi connectivity index (χ0v) is 12.3. The number of aliphatic hydroxyl groups is 1. The van der Waals surface area contributed by atoms with Crippen LogP contribution in [0.3, 0.4) is 0 Å². The van der Waals surface area contributed by atoms with Gasteiger partial charge in [0.05, 0.1) is 13.2 Å². The number of ether oxygens (including phenoxy) is 1. The Bertz CT molecular complexity index is 597. The molecule has 0 radical (unpaired) electrons. The van der Waals surface area contributed by atoms with Crippen molar-refractivity contribution < 1.29 is 9.84 Å². The normalized spacial score (nSPS) is 18.6. The van der Waals surface area contributed by atoms with Crippen molar-refractivity contribution in [2.75, 3.05) is 12.9 Å². The van der Waals surface area contributed by atoms with Crippen molar-refractivity contribution in [1.82, 2.24) is 0 Å². The van der Waals surface area contributed by atoms with Crippen molar-refractivity contribution in [3.05, 3.63) is 59.7 Å². The molecule has 0 fully saturated rings. The van der Waals surface area contributed by atoms with Gasteiger partial charge in [-0.15, -0.1) is 11.8 Å². The first-order valence-corrected chi connectivity index (χ1v) is 7.80. The Balaban J connectivity index is 1.79. The molecule has 0 bridgehead atoms. The topological polar surface area (TPSA) is 29.5 Å². The number of rotatable bonds is 4. The van der Waals surface area contributed by atoms with E-state index < -0.39 is 0 Å². The van der Waals surface area contributed by atoms with Crippen LogP contribution < -0.4 is 4.74 Å². The lowest BCUT2D eigenvalue weighted by Crippen LogP contribution is -2.21. The number of para-hydroxylation sites is 1. The Morgan fingerprint density at radius 2 is 1.95 bits per heavy atom. The monoisotopic (exact) mass is 286 g/mol. The summed E-state index contributed by atoms with van der Waals surface area (Å²) < 4.78 is 5.36. The first-order chi connectivity index (χ1) is 9.79. The second-order valence-corrected chi connectivity index (χ2v) is 6.10. The van der Waals surface area contributed by atoms with E-state index in [1.807, 2.05) is 42.1 Å². The van der Waals surface area contributed by atoms with Crippen molar-refractivity contribution in [2.24, 2.45) is 0 Å². The van der Waals surface area contributed by atoms with Crippen molar-refractivity contribution in [1.29, 1.82) is 0 Å². The van der Waals surface area contributed by atoms with Gasteiger partial charge in [-0.1, -0.05) is 36.4 Å². The molecular weight excluding hydrogens is 268 g/mol. The molecule has 20 heavy (non-hydrogen) atoms. The average molecular weight is 286 g/mol. The first-order valence-electron chi connectivity index (χ1n) is 6.81. The molecule has 2 nitrogen and oxygen atoms in total. The summed E-state index contributed by atoms with van der Waals surface area (Å²) in [5, 5.41) is 10.6. The van der Waals surface area contributed by atoms with E-state index >= 15 is 0 Å². The minimum absolute atomic E-state index is 0.209. The van der Waals surface area contributed by atoms with E-state index in [0.717, 1.165) is 17.1 Å². The number of methoxy groups -OCH3 is 1. The van der Waals surface area contributed by atoms with Crippen molar-refractivity contribution >= 4 is 11.8 Å². The molecule has 1 aliphatic heterocycles. The molecule has 1 aliphatic rings. The maximum absolute atomic E-state index is 10.6. The fourth-order valence-electron chi connectivity index (χ4n) is 2.75. The number of aliphatic hydroxyl groups excluding tert-OH is 1. The summed E-state index contributed by atoms with van der Waals surface area (Å²) in [6.07, 6.45) is 0.256. The SMILES string of the molecule is COc1ccccc1CC(O)C1CSc2ccccc21. The Morgan fingerprint density at radius 1 is 1.20 bits per heavy atom. The molecule has 0 spiro atoms. The van der Waals surface area contributed by atoms with Crippen molar-refractivity contribution in [3.8, 4) is 5.75 Å². The number of benzene rings is 2. The summed E-state index contributed by atoms with van der Waals surface area (Å²) in [5.74, 6) is 2.02. The molecule has 2 unspecified atom stereocenters. The molecule has 104 valence electrons. The number of thioether (sulfide) groups is 1. The van der Waals surface area contributed by atoms with Gasteiger partial charge in [-0.3, -0.25) is 0 Å². The van der Waals surface area contributed by atoms with E-state index in [1.165, 1.54) is 10.5 Å². The third-order valence-corrected chi connectivity index (χ3v) is 5.03. The highest BCUT2D eigenvalue weighted by atomic mass is 32.2. The lowest BCUT2D eigenvalue weighted by molar-refractivity contribution is 0.150. The lowest BCUT2D eigenvalue weighted by atomic mass is 9.91. The largest absolute Gasteiger partial charge is 0.496 e. The fraction of sp³-hybridized carbons (Fsp3) is 0.294. The third kappa shape index (κ3) is 2.56. The highest BCUT2D eigenvalue weighted by Gasteiger charge is 2.29. The van der Waals surface area contributed by atoms with Crippen LogP contribution in [0.2, 0.25) is 0 Å². The molecule has 1 heterocycles. The van der Waals surface area contributed by atoms with E-state index in [1.54, 1.807) is 7.11 Å². The summed E-state index contributed by atoms with van der Waals surface area (Å²) in [7, 11) is 1.67.